The Bertz CT molecular complexity index is 1270. The second-order valence-corrected chi connectivity index (χ2v) is 9.13. The SMILES string of the molecule is COC(C(=O)NC(C)C(F)(F)F)C(O)C(O)C(O)c1cc2c(cc1O)OC/C(=C\C1=CC(O)C=C(O)C=C1)C2=O. The molecule has 0 saturated carbocycles. The number of rotatable bonds is 8. The Balaban J connectivity index is 1.85. The van der Waals surface area contributed by atoms with Gasteiger partial charge in [0.25, 0.3) is 5.91 Å². The number of aliphatic hydroxyl groups excluding tert-OH is 5. The largest absolute Gasteiger partial charge is 0.508 e. The van der Waals surface area contributed by atoms with Crippen LogP contribution in [-0.4, -0.2) is 92.7 Å². The maximum absolute atomic E-state index is 13.2. The van der Waals surface area contributed by atoms with Gasteiger partial charge in [0.15, 0.2) is 11.9 Å². The van der Waals surface area contributed by atoms with Gasteiger partial charge in [0.1, 0.15) is 48.2 Å². The molecular formula is C26H28F3NO10. The van der Waals surface area contributed by atoms with Crippen LogP contribution in [0.15, 0.2) is 59.4 Å². The molecule has 6 atom stereocenters. The molecule has 11 nitrogen and oxygen atoms in total. The average molecular weight is 572 g/mol. The van der Waals surface area contributed by atoms with Crippen LogP contribution >= 0.6 is 0 Å². The molecular weight excluding hydrogens is 543 g/mol. The van der Waals surface area contributed by atoms with Crippen LogP contribution in [0, 0.1) is 0 Å². The van der Waals surface area contributed by atoms with Crippen molar-refractivity contribution >= 4 is 11.7 Å². The first-order chi connectivity index (χ1) is 18.6. The Kier molecular flexibility index (Phi) is 9.43. The Labute approximate surface area is 225 Å². The Morgan fingerprint density at radius 3 is 2.45 bits per heavy atom. The van der Waals surface area contributed by atoms with E-state index in [0.717, 1.165) is 19.2 Å². The molecule has 0 fully saturated rings. The summed E-state index contributed by atoms with van der Waals surface area (Å²) in [6, 6.07) is -0.323. The molecule has 0 aromatic heterocycles. The van der Waals surface area contributed by atoms with Gasteiger partial charge in [-0.1, -0.05) is 6.08 Å². The number of ether oxygens (including phenoxy) is 2. The molecule has 0 saturated heterocycles. The minimum atomic E-state index is -4.80. The lowest BCUT2D eigenvalue weighted by molar-refractivity contribution is -0.169. The summed E-state index contributed by atoms with van der Waals surface area (Å²) in [5, 5.41) is 63.2. The quantitative estimate of drug-likeness (QED) is 0.222. The van der Waals surface area contributed by atoms with E-state index in [2.05, 4.69) is 0 Å². The van der Waals surface area contributed by atoms with E-state index in [1.165, 1.54) is 30.4 Å². The van der Waals surface area contributed by atoms with E-state index in [4.69, 9.17) is 9.47 Å². The summed E-state index contributed by atoms with van der Waals surface area (Å²) in [4.78, 5) is 25.4. The fraction of sp³-hybridized carbons (Fsp3) is 0.385. The molecule has 1 aromatic rings. The molecule has 0 bridgehead atoms. The van der Waals surface area contributed by atoms with E-state index < -0.39 is 65.7 Å². The highest BCUT2D eigenvalue weighted by atomic mass is 19.4. The molecule has 0 spiro atoms. The van der Waals surface area contributed by atoms with Gasteiger partial charge in [-0.2, -0.15) is 13.2 Å². The fourth-order valence-corrected chi connectivity index (χ4v) is 3.96. The summed E-state index contributed by atoms with van der Waals surface area (Å²) in [5.74, 6) is -2.93. The third-order valence-corrected chi connectivity index (χ3v) is 6.20. The highest BCUT2D eigenvalue weighted by Crippen LogP contribution is 2.38. The van der Waals surface area contributed by atoms with E-state index in [0.29, 0.717) is 12.5 Å². The van der Waals surface area contributed by atoms with Gasteiger partial charge in [-0.15, -0.1) is 0 Å². The molecule has 1 heterocycles. The number of ketones is 1. The van der Waals surface area contributed by atoms with E-state index in [1.54, 1.807) is 5.32 Å². The molecule has 1 aromatic carbocycles. The Hall–Kier alpha value is -3.69. The standard InChI is InChI=1S/C26H28F3NO10/c1-11(26(27,28)29)30-25(38)24(39-2)23(37)22(36)21(35)16-8-17-19(9-18(16)33)40-10-13(20(17)34)5-12-3-4-14(31)7-15(32)6-12/h3-9,11,15,21-24,31-33,35-37H,10H2,1-2H3,(H,30,38)/b13-5+. The van der Waals surface area contributed by atoms with E-state index in [1.807, 2.05) is 0 Å². The van der Waals surface area contributed by atoms with Crippen molar-refractivity contribution in [2.24, 2.45) is 0 Å². The lowest BCUT2D eigenvalue weighted by atomic mass is 9.91. The summed E-state index contributed by atoms with van der Waals surface area (Å²) in [7, 11) is 0.889. The first kappa shape index (κ1) is 30.8. The van der Waals surface area contributed by atoms with Crippen LogP contribution in [0.1, 0.15) is 28.9 Å². The number of amides is 1. The number of hydrogen-bond donors (Lipinski definition) is 7. The van der Waals surface area contributed by atoms with Gasteiger partial charge in [-0.25, -0.2) is 0 Å². The van der Waals surface area contributed by atoms with Gasteiger partial charge >= 0.3 is 6.18 Å². The Morgan fingerprint density at radius 1 is 1.15 bits per heavy atom. The second kappa shape index (κ2) is 12.2. The predicted molar refractivity (Wildman–Crippen MR) is 131 cm³/mol. The van der Waals surface area contributed by atoms with Gasteiger partial charge in [0.2, 0.25) is 0 Å². The van der Waals surface area contributed by atoms with E-state index in [-0.39, 0.29) is 29.3 Å². The molecule has 14 heteroatoms. The second-order valence-electron chi connectivity index (χ2n) is 9.13. The number of allylic oxidation sites excluding steroid dienone is 4. The van der Waals surface area contributed by atoms with Crippen LogP contribution in [-0.2, 0) is 9.53 Å². The lowest BCUT2D eigenvalue weighted by Gasteiger charge is -2.30. The molecule has 1 aliphatic carbocycles. The summed E-state index contributed by atoms with van der Waals surface area (Å²) in [6.07, 6.45) is -7.96. The zero-order valence-corrected chi connectivity index (χ0v) is 21.2. The number of carbonyl (C=O) groups is 2. The smallest absolute Gasteiger partial charge is 0.408 e. The van der Waals surface area contributed by atoms with Gasteiger partial charge in [-0.05, 0) is 42.9 Å². The third kappa shape index (κ3) is 6.89. The first-order valence-corrected chi connectivity index (χ1v) is 11.8. The van der Waals surface area contributed by atoms with Gasteiger partial charge in [0.05, 0.1) is 11.7 Å². The van der Waals surface area contributed by atoms with Crippen molar-refractivity contribution in [3.05, 3.63) is 70.5 Å². The summed E-state index contributed by atoms with van der Waals surface area (Å²) >= 11 is 0. The Morgan fingerprint density at radius 2 is 1.82 bits per heavy atom. The summed E-state index contributed by atoms with van der Waals surface area (Å²) in [5.41, 5.74) is -0.144. The maximum atomic E-state index is 13.2. The predicted octanol–water partition coefficient (Wildman–Crippen LogP) is 1.03. The molecule has 218 valence electrons. The van der Waals surface area contributed by atoms with Crippen molar-refractivity contribution in [1.82, 2.24) is 5.32 Å². The first-order valence-electron chi connectivity index (χ1n) is 11.8. The number of aromatic hydroxyl groups is 1. The van der Waals surface area contributed by atoms with Crippen molar-refractivity contribution in [2.75, 3.05) is 13.7 Å². The summed E-state index contributed by atoms with van der Waals surface area (Å²) < 4.78 is 48.7. The van der Waals surface area contributed by atoms with Gasteiger partial charge in [-0.3, -0.25) is 9.59 Å². The minimum Gasteiger partial charge on any atom is -0.508 e. The van der Waals surface area contributed by atoms with E-state index in [9.17, 15) is 53.4 Å². The number of halogens is 3. The number of phenols is 1. The van der Waals surface area contributed by atoms with Crippen LogP contribution in [0.5, 0.6) is 11.5 Å². The molecule has 6 unspecified atom stereocenters. The number of Topliss-reactive ketones (excluding diaryl/α,β-unsaturated/α-hetero) is 1. The number of hydrogen-bond acceptors (Lipinski definition) is 10. The van der Waals surface area contributed by atoms with Crippen molar-refractivity contribution in [3.63, 3.8) is 0 Å². The number of alkyl halides is 3. The molecule has 40 heavy (non-hydrogen) atoms. The summed E-state index contributed by atoms with van der Waals surface area (Å²) in [6.45, 7) is 0.428. The topological polar surface area (TPSA) is 186 Å². The monoisotopic (exact) mass is 571 g/mol. The third-order valence-electron chi connectivity index (χ3n) is 6.20. The normalized spacial score (nSPS) is 22.2. The lowest BCUT2D eigenvalue weighted by Crippen LogP contribution is -2.54. The van der Waals surface area contributed by atoms with E-state index >= 15 is 0 Å². The number of benzene rings is 1. The number of carbonyl (C=O) groups excluding carboxylic acids is 2. The van der Waals surface area contributed by atoms with Crippen molar-refractivity contribution in [2.45, 2.75) is 49.7 Å². The van der Waals surface area contributed by atoms with Crippen LogP contribution in [0.3, 0.4) is 0 Å². The van der Waals surface area contributed by atoms with Crippen LogP contribution in [0.4, 0.5) is 13.2 Å². The molecule has 1 aliphatic heterocycles. The number of fused-ring (bicyclic) bond motifs is 1. The fourth-order valence-electron chi connectivity index (χ4n) is 3.96. The maximum Gasteiger partial charge on any atom is 0.408 e. The number of aliphatic hydroxyl groups is 5. The zero-order valence-electron chi connectivity index (χ0n) is 21.2. The number of phenolic OH excluding ortho intramolecular Hbond substituents is 1. The van der Waals surface area contributed by atoms with Crippen molar-refractivity contribution < 1.29 is 62.9 Å². The van der Waals surface area contributed by atoms with Gasteiger partial charge < -0.3 is 45.4 Å². The molecule has 0 radical (unpaired) electrons. The van der Waals surface area contributed by atoms with Crippen molar-refractivity contribution in [3.8, 4) is 11.5 Å². The molecule has 3 rings (SSSR count). The van der Waals surface area contributed by atoms with Crippen LogP contribution < -0.4 is 10.1 Å². The molecule has 2 aliphatic rings. The van der Waals surface area contributed by atoms with Crippen LogP contribution in [0.2, 0.25) is 0 Å². The molecule has 7 N–H and O–H groups in total. The number of methoxy groups -OCH3 is 1. The van der Waals surface area contributed by atoms with Crippen LogP contribution in [0.25, 0.3) is 0 Å². The highest BCUT2D eigenvalue weighted by molar-refractivity contribution is 6.12. The zero-order chi connectivity index (χ0) is 29.9. The van der Waals surface area contributed by atoms with Crippen molar-refractivity contribution in [1.29, 1.82) is 0 Å². The van der Waals surface area contributed by atoms with Gasteiger partial charge in [0, 0.05) is 24.3 Å². The highest BCUT2D eigenvalue weighted by Gasteiger charge is 2.42. The average Bonchev–Trinajstić information content (AvgIpc) is 3.03. The molecule has 1 amide bonds. The minimum absolute atomic E-state index is 0.0642. The number of nitrogens with one attached hydrogen (secondary N) is 1.